The molecule has 5 heteroatoms. The van der Waals surface area contributed by atoms with Gasteiger partial charge in [-0.1, -0.05) is 19.3 Å². The van der Waals surface area contributed by atoms with Crippen LogP contribution < -0.4 is 5.73 Å². The van der Waals surface area contributed by atoms with Gasteiger partial charge in [-0.2, -0.15) is 5.10 Å². The predicted molar refractivity (Wildman–Crippen MR) is 67.2 cm³/mol. The number of rotatable bonds is 1. The standard InChI is InChI=1S/C11H18BrN3O/c1-7-10(12)11(13)15(14-7)8-5-3-2-4-6-9(8)16/h8-9,16H,2-6,13H2,1H3. The van der Waals surface area contributed by atoms with Crippen LogP contribution >= 0.6 is 15.9 Å². The smallest absolute Gasteiger partial charge is 0.136 e. The molecule has 16 heavy (non-hydrogen) atoms. The molecule has 0 radical (unpaired) electrons. The third-order valence-electron chi connectivity index (χ3n) is 3.31. The van der Waals surface area contributed by atoms with Crippen LogP contribution in [0.1, 0.15) is 43.8 Å². The highest BCUT2D eigenvalue weighted by molar-refractivity contribution is 9.10. The van der Waals surface area contributed by atoms with Gasteiger partial charge in [0.1, 0.15) is 5.82 Å². The molecule has 1 saturated carbocycles. The number of nitrogens with zero attached hydrogens (tertiary/aromatic N) is 2. The van der Waals surface area contributed by atoms with Gasteiger partial charge in [0.25, 0.3) is 0 Å². The highest BCUT2D eigenvalue weighted by Crippen LogP contribution is 2.32. The Morgan fingerprint density at radius 2 is 2.06 bits per heavy atom. The van der Waals surface area contributed by atoms with Crippen LogP contribution in [0, 0.1) is 6.92 Å². The van der Waals surface area contributed by atoms with Crippen LogP contribution in [0.15, 0.2) is 4.47 Å². The Kier molecular flexibility index (Phi) is 3.54. The van der Waals surface area contributed by atoms with Gasteiger partial charge in [0.05, 0.1) is 22.3 Å². The van der Waals surface area contributed by atoms with Crippen LogP contribution in [-0.4, -0.2) is 21.0 Å². The topological polar surface area (TPSA) is 64.1 Å². The highest BCUT2D eigenvalue weighted by Gasteiger charge is 2.26. The number of aliphatic hydroxyl groups excluding tert-OH is 1. The number of hydrogen-bond acceptors (Lipinski definition) is 3. The Morgan fingerprint density at radius 1 is 1.38 bits per heavy atom. The molecule has 3 N–H and O–H groups in total. The van der Waals surface area contributed by atoms with Crippen molar-refractivity contribution in [3.05, 3.63) is 10.2 Å². The number of nitrogen functional groups attached to an aromatic ring is 1. The summed E-state index contributed by atoms with van der Waals surface area (Å²) in [7, 11) is 0. The van der Waals surface area contributed by atoms with Crippen molar-refractivity contribution < 1.29 is 5.11 Å². The molecule has 1 aliphatic carbocycles. The average molecular weight is 288 g/mol. The summed E-state index contributed by atoms with van der Waals surface area (Å²) in [5, 5.41) is 14.5. The van der Waals surface area contributed by atoms with Crippen molar-refractivity contribution >= 4 is 21.7 Å². The van der Waals surface area contributed by atoms with Gasteiger partial charge in [-0.15, -0.1) is 0 Å². The van der Waals surface area contributed by atoms with E-state index in [2.05, 4.69) is 21.0 Å². The third kappa shape index (κ3) is 2.11. The zero-order chi connectivity index (χ0) is 11.7. The molecule has 0 aliphatic heterocycles. The normalized spacial score (nSPS) is 26.7. The van der Waals surface area contributed by atoms with Crippen LogP contribution in [0.5, 0.6) is 0 Å². The molecule has 1 aromatic heterocycles. The Bertz CT molecular complexity index is 378. The molecule has 2 rings (SSSR count). The third-order valence-corrected chi connectivity index (χ3v) is 4.29. The number of aromatic nitrogens is 2. The molecule has 1 fully saturated rings. The summed E-state index contributed by atoms with van der Waals surface area (Å²) in [5.41, 5.74) is 6.87. The minimum absolute atomic E-state index is 0.0347. The Morgan fingerprint density at radius 3 is 2.69 bits per heavy atom. The number of hydrogen-bond donors (Lipinski definition) is 2. The van der Waals surface area contributed by atoms with Crippen molar-refractivity contribution in [1.82, 2.24) is 9.78 Å². The van der Waals surface area contributed by atoms with Crippen LogP contribution in [0.2, 0.25) is 0 Å². The zero-order valence-corrected chi connectivity index (χ0v) is 11.1. The number of aryl methyl sites for hydroxylation is 1. The van der Waals surface area contributed by atoms with Gasteiger partial charge >= 0.3 is 0 Å². The van der Waals surface area contributed by atoms with E-state index < -0.39 is 0 Å². The van der Waals surface area contributed by atoms with Crippen molar-refractivity contribution in [2.24, 2.45) is 0 Å². The molecule has 1 aromatic rings. The second-order valence-corrected chi connectivity index (χ2v) is 5.29. The SMILES string of the molecule is Cc1nn(C2CCCCCC2O)c(N)c1Br. The number of anilines is 1. The average Bonchev–Trinajstić information content (AvgIpc) is 2.47. The Labute approximate surface area is 104 Å². The van der Waals surface area contributed by atoms with Crippen molar-refractivity contribution in [1.29, 1.82) is 0 Å². The zero-order valence-electron chi connectivity index (χ0n) is 9.49. The lowest BCUT2D eigenvalue weighted by Crippen LogP contribution is -2.25. The molecule has 0 bridgehead atoms. The Hall–Kier alpha value is -0.550. The first kappa shape index (κ1) is 11.9. The molecule has 1 heterocycles. The molecule has 0 saturated heterocycles. The highest BCUT2D eigenvalue weighted by atomic mass is 79.9. The Balaban J connectivity index is 2.30. The first-order valence-corrected chi connectivity index (χ1v) is 6.58. The van der Waals surface area contributed by atoms with Crippen molar-refractivity contribution in [3.63, 3.8) is 0 Å². The molecule has 90 valence electrons. The van der Waals surface area contributed by atoms with E-state index in [4.69, 9.17) is 5.73 Å². The van der Waals surface area contributed by atoms with E-state index in [1.807, 2.05) is 6.92 Å². The summed E-state index contributed by atoms with van der Waals surface area (Å²) >= 11 is 3.42. The van der Waals surface area contributed by atoms with Crippen molar-refractivity contribution in [2.75, 3.05) is 5.73 Å². The molecule has 2 atom stereocenters. The second-order valence-electron chi connectivity index (χ2n) is 4.50. The molecule has 4 nitrogen and oxygen atoms in total. The lowest BCUT2D eigenvalue weighted by atomic mass is 10.1. The number of nitrogens with two attached hydrogens (primary N) is 1. The second kappa shape index (κ2) is 4.75. The first-order chi connectivity index (χ1) is 7.61. The lowest BCUT2D eigenvalue weighted by Gasteiger charge is -2.21. The van der Waals surface area contributed by atoms with E-state index >= 15 is 0 Å². The fourth-order valence-electron chi connectivity index (χ4n) is 2.35. The van der Waals surface area contributed by atoms with Gasteiger partial charge in [0.2, 0.25) is 0 Å². The van der Waals surface area contributed by atoms with E-state index in [1.165, 1.54) is 6.42 Å². The quantitative estimate of drug-likeness (QED) is 0.780. The van der Waals surface area contributed by atoms with Crippen LogP contribution in [0.3, 0.4) is 0 Å². The van der Waals surface area contributed by atoms with E-state index in [0.29, 0.717) is 5.82 Å². The summed E-state index contributed by atoms with van der Waals surface area (Å²) < 4.78 is 2.64. The van der Waals surface area contributed by atoms with E-state index in [-0.39, 0.29) is 12.1 Å². The van der Waals surface area contributed by atoms with Crippen LogP contribution in [-0.2, 0) is 0 Å². The van der Waals surface area contributed by atoms with Gasteiger partial charge in [-0.25, -0.2) is 4.68 Å². The fourth-order valence-corrected chi connectivity index (χ4v) is 2.61. The minimum Gasteiger partial charge on any atom is -0.391 e. The van der Waals surface area contributed by atoms with E-state index in [0.717, 1.165) is 35.8 Å². The molecular weight excluding hydrogens is 270 g/mol. The fraction of sp³-hybridized carbons (Fsp3) is 0.727. The predicted octanol–water partition coefficient (Wildman–Crippen LogP) is 2.40. The monoisotopic (exact) mass is 287 g/mol. The first-order valence-electron chi connectivity index (χ1n) is 5.79. The maximum absolute atomic E-state index is 10.1. The minimum atomic E-state index is -0.323. The maximum Gasteiger partial charge on any atom is 0.136 e. The number of aliphatic hydroxyl groups is 1. The molecule has 0 amide bonds. The molecular formula is C11H18BrN3O. The maximum atomic E-state index is 10.1. The van der Waals surface area contributed by atoms with Crippen LogP contribution in [0.25, 0.3) is 0 Å². The summed E-state index contributed by atoms with van der Waals surface area (Å²) in [6.45, 7) is 1.92. The van der Waals surface area contributed by atoms with Crippen molar-refractivity contribution in [2.45, 2.75) is 51.2 Å². The van der Waals surface area contributed by atoms with Gasteiger partial charge in [0, 0.05) is 0 Å². The van der Waals surface area contributed by atoms with Gasteiger partial charge in [-0.3, -0.25) is 0 Å². The summed E-state index contributed by atoms with van der Waals surface area (Å²) in [6, 6.07) is 0.0347. The molecule has 1 aliphatic rings. The summed E-state index contributed by atoms with van der Waals surface area (Å²) in [6.07, 6.45) is 4.90. The number of halogens is 1. The molecule has 0 spiro atoms. The van der Waals surface area contributed by atoms with Crippen molar-refractivity contribution in [3.8, 4) is 0 Å². The van der Waals surface area contributed by atoms with Crippen LogP contribution in [0.4, 0.5) is 5.82 Å². The summed E-state index contributed by atoms with van der Waals surface area (Å²) in [4.78, 5) is 0. The van der Waals surface area contributed by atoms with E-state index in [1.54, 1.807) is 4.68 Å². The summed E-state index contributed by atoms with van der Waals surface area (Å²) in [5.74, 6) is 0.628. The molecule has 0 aromatic carbocycles. The van der Waals surface area contributed by atoms with Gasteiger partial charge in [0.15, 0.2) is 0 Å². The van der Waals surface area contributed by atoms with E-state index in [9.17, 15) is 5.11 Å². The van der Waals surface area contributed by atoms with Gasteiger partial charge in [-0.05, 0) is 35.7 Å². The lowest BCUT2D eigenvalue weighted by molar-refractivity contribution is 0.100. The largest absolute Gasteiger partial charge is 0.391 e. The van der Waals surface area contributed by atoms with Gasteiger partial charge < -0.3 is 10.8 Å². The molecule has 2 unspecified atom stereocenters.